The van der Waals surface area contributed by atoms with Crippen molar-refractivity contribution in [1.29, 1.82) is 0 Å². The molecule has 0 amide bonds. The Morgan fingerprint density at radius 1 is 1.33 bits per heavy atom. The number of aryl methyl sites for hydroxylation is 1. The Balaban J connectivity index is 1.89. The summed E-state index contributed by atoms with van der Waals surface area (Å²) in [6, 6.07) is 3.07. The van der Waals surface area contributed by atoms with Gasteiger partial charge in [-0.15, -0.1) is 5.10 Å². The van der Waals surface area contributed by atoms with Gasteiger partial charge in [0.1, 0.15) is 0 Å². The van der Waals surface area contributed by atoms with E-state index in [-0.39, 0.29) is 11.2 Å². The number of nitrogen functional groups attached to an aromatic ring is 1. The first-order valence-electron chi connectivity index (χ1n) is 6.85. The van der Waals surface area contributed by atoms with Crippen molar-refractivity contribution in [3.63, 3.8) is 0 Å². The van der Waals surface area contributed by atoms with Crippen molar-refractivity contribution >= 4 is 17.4 Å². The highest BCUT2D eigenvalue weighted by molar-refractivity contribution is 7.99. The lowest BCUT2D eigenvalue weighted by Crippen LogP contribution is -2.19. The highest BCUT2D eigenvalue weighted by Gasteiger charge is 2.07. The molecule has 0 bridgehead atoms. The fraction of sp³-hybridized carbons (Fsp3) is 0.462. The number of pyridine rings is 1. The maximum atomic E-state index is 11.6. The summed E-state index contributed by atoms with van der Waals surface area (Å²) in [5.74, 6) is 0.773. The summed E-state index contributed by atoms with van der Waals surface area (Å²) < 4.78 is 3.23. The normalized spacial score (nSPS) is 10.9. The SMILES string of the molecule is CCCn1c(SCCCn2cc(N)ccc2=O)n[nH]c1=O. The third-order valence-electron chi connectivity index (χ3n) is 2.95. The monoisotopic (exact) mass is 309 g/mol. The van der Waals surface area contributed by atoms with Crippen LogP contribution in [-0.4, -0.2) is 25.1 Å². The molecule has 0 aliphatic heterocycles. The summed E-state index contributed by atoms with van der Waals surface area (Å²) in [4.78, 5) is 23.2. The molecule has 114 valence electrons. The summed E-state index contributed by atoms with van der Waals surface area (Å²) in [7, 11) is 0. The average Bonchev–Trinajstić information content (AvgIpc) is 2.80. The average molecular weight is 309 g/mol. The molecule has 0 saturated heterocycles. The molecule has 2 heterocycles. The Morgan fingerprint density at radius 3 is 2.90 bits per heavy atom. The van der Waals surface area contributed by atoms with E-state index >= 15 is 0 Å². The lowest BCUT2D eigenvalue weighted by Gasteiger charge is -2.06. The van der Waals surface area contributed by atoms with E-state index in [1.54, 1.807) is 21.4 Å². The second-order valence-electron chi connectivity index (χ2n) is 4.66. The first-order valence-corrected chi connectivity index (χ1v) is 7.84. The van der Waals surface area contributed by atoms with Crippen LogP contribution in [0.5, 0.6) is 0 Å². The van der Waals surface area contributed by atoms with Gasteiger partial charge in [0.25, 0.3) is 5.56 Å². The van der Waals surface area contributed by atoms with E-state index in [4.69, 9.17) is 5.73 Å². The molecule has 0 spiro atoms. The van der Waals surface area contributed by atoms with Gasteiger partial charge in [-0.3, -0.25) is 9.36 Å². The molecule has 0 aromatic carbocycles. The highest BCUT2D eigenvalue weighted by atomic mass is 32.2. The van der Waals surface area contributed by atoms with Gasteiger partial charge in [-0.05, 0) is 18.9 Å². The number of nitrogens with zero attached hydrogens (tertiary/aromatic N) is 3. The number of aromatic nitrogens is 4. The van der Waals surface area contributed by atoms with Crippen molar-refractivity contribution in [2.45, 2.75) is 38.0 Å². The van der Waals surface area contributed by atoms with Crippen molar-refractivity contribution in [1.82, 2.24) is 19.3 Å². The quantitative estimate of drug-likeness (QED) is 0.585. The summed E-state index contributed by atoms with van der Waals surface area (Å²) in [5, 5.41) is 7.17. The number of H-pyrrole nitrogens is 1. The second-order valence-corrected chi connectivity index (χ2v) is 5.72. The molecule has 2 aromatic heterocycles. The van der Waals surface area contributed by atoms with E-state index in [0.717, 1.165) is 18.6 Å². The van der Waals surface area contributed by atoms with Gasteiger partial charge in [0.2, 0.25) is 0 Å². The minimum absolute atomic E-state index is 0.0585. The molecule has 0 atom stereocenters. The molecule has 2 aromatic rings. The predicted molar refractivity (Wildman–Crippen MR) is 83.6 cm³/mol. The third-order valence-corrected chi connectivity index (χ3v) is 4.01. The van der Waals surface area contributed by atoms with E-state index < -0.39 is 0 Å². The number of hydrogen-bond donors (Lipinski definition) is 2. The summed E-state index contributed by atoms with van der Waals surface area (Å²) in [6.45, 7) is 3.27. The van der Waals surface area contributed by atoms with Gasteiger partial charge in [-0.25, -0.2) is 9.89 Å². The fourth-order valence-corrected chi connectivity index (χ4v) is 2.85. The van der Waals surface area contributed by atoms with E-state index in [1.807, 2.05) is 6.92 Å². The number of aromatic amines is 1. The summed E-state index contributed by atoms with van der Waals surface area (Å²) in [6.07, 6.45) is 3.32. The van der Waals surface area contributed by atoms with Crippen molar-refractivity contribution in [2.24, 2.45) is 0 Å². The summed E-state index contributed by atoms with van der Waals surface area (Å²) >= 11 is 1.51. The molecular weight excluding hydrogens is 290 g/mol. The Kier molecular flexibility index (Phi) is 5.26. The van der Waals surface area contributed by atoms with Crippen LogP contribution in [0.3, 0.4) is 0 Å². The molecule has 0 saturated carbocycles. The topological polar surface area (TPSA) is 98.7 Å². The van der Waals surface area contributed by atoms with Crippen LogP contribution in [0, 0.1) is 0 Å². The van der Waals surface area contributed by atoms with Gasteiger partial charge in [0.15, 0.2) is 5.16 Å². The largest absolute Gasteiger partial charge is 0.398 e. The summed E-state index contributed by atoms with van der Waals surface area (Å²) in [5.41, 5.74) is 6.00. The van der Waals surface area contributed by atoms with Crippen molar-refractivity contribution < 1.29 is 0 Å². The van der Waals surface area contributed by atoms with Crippen LogP contribution in [0.1, 0.15) is 19.8 Å². The zero-order valence-corrected chi connectivity index (χ0v) is 12.7. The van der Waals surface area contributed by atoms with Crippen LogP contribution >= 0.6 is 11.8 Å². The number of rotatable bonds is 7. The van der Waals surface area contributed by atoms with Gasteiger partial charge in [0.05, 0.1) is 0 Å². The zero-order chi connectivity index (χ0) is 15.2. The maximum Gasteiger partial charge on any atom is 0.343 e. The first-order chi connectivity index (χ1) is 10.1. The fourth-order valence-electron chi connectivity index (χ4n) is 1.96. The molecule has 21 heavy (non-hydrogen) atoms. The number of nitrogens with two attached hydrogens (primary N) is 1. The number of hydrogen-bond acceptors (Lipinski definition) is 5. The highest BCUT2D eigenvalue weighted by Crippen LogP contribution is 2.14. The maximum absolute atomic E-state index is 11.6. The van der Waals surface area contributed by atoms with Gasteiger partial charge in [-0.1, -0.05) is 18.7 Å². The lowest BCUT2D eigenvalue weighted by atomic mass is 10.4. The van der Waals surface area contributed by atoms with E-state index in [0.29, 0.717) is 23.9 Å². The molecule has 0 aliphatic rings. The van der Waals surface area contributed by atoms with Gasteiger partial charge in [-0.2, -0.15) is 0 Å². The van der Waals surface area contributed by atoms with Crippen molar-refractivity contribution in [3.05, 3.63) is 39.2 Å². The Labute approximate surface area is 126 Å². The first kappa shape index (κ1) is 15.4. The molecule has 0 radical (unpaired) electrons. The molecule has 0 aliphatic carbocycles. The van der Waals surface area contributed by atoms with Crippen molar-refractivity contribution in [2.75, 3.05) is 11.5 Å². The molecule has 7 nitrogen and oxygen atoms in total. The van der Waals surface area contributed by atoms with Crippen LogP contribution in [-0.2, 0) is 13.1 Å². The van der Waals surface area contributed by atoms with Crippen LogP contribution < -0.4 is 17.0 Å². The van der Waals surface area contributed by atoms with Gasteiger partial charge in [0, 0.05) is 36.8 Å². The minimum Gasteiger partial charge on any atom is -0.398 e. The van der Waals surface area contributed by atoms with Crippen LogP contribution in [0.25, 0.3) is 0 Å². The van der Waals surface area contributed by atoms with Crippen LogP contribution in [0.4, 0.5) is 5.69 Å². The van der Waals surface area contributed by atoms with Crippen molar-refractivity contribution in [3.8, 4) is 0 Å². The molecule has 3 N–H and O–H groups in total. The van der Waals surface area contributed by atoms with Crippen LogP contribution in [0.15, 0.2) is 33.1 Å². The molecule has 8 heteroatoms. The van der Waals surface area contributed by atoms with Gasteiger partial charge >= 0.3 is 5.69 Å². The minimum atomic E-state index is -0.175. The zero-order valence-electron chi connectivity index (χ0n) is 11.9. The van der Waals surface area contributed by atoms with Gasteiger partial charge < -0.3 is 10.3 Å². The number of thioether (sulfide) groups is 1. The number of anilines is 1. The van der Waals surface area contributed by atoms with E-state index in [1.165, 1.54) is 17.8 Å². The Morgan fingerprint density at radius 2 is 2.14 bits per heavy atom. The van der Waals surface area contributed by atoms with E-state index in [2.05, 4.69) is 10.2 Å². The molecule has 0 fully saturated rings. The smallest absolute Gasteiger partial charge is 0.343 e. The molecular formula is C13H19N5O2S. The second kappa shape index (κ2) is 7.16. The van der Waals surface area contributed by atoms with E-state index in [9.17, 15) is 9.59 Å². The Hall–Kier alpha value is -1.96. The standard InChI is InChI=1S/C13H19N5O2S/c1-2-6-18-12(20)15-16-13(18)21-8-3-7-17-9-10(14)4-5-11(17)19/h4-5,9H,2-3,6-8,14H2,1H3,(H,15,20). The molecule has 2 rings (SSSR count). The lowest BCUT2D eigenvalue weighted by molar-refractivity contribution is 0.602. The number of nitrogens with one attached hydrogen (secondary N) is 1. The third kappa shape index (κ3) is 4.01. The Bertz CT molecular complexity index is 703. The van der Waals surface area contributed by atoms with Crippen LogP contribution in [0.2, 0.25) is 0 Å². The predicted octanol–water partition coefficient (Wildman–Crippen LogP) is 0.908. The molecule has 0 unspecified atom stereocenters.